The van der Waals surface area contributed by atoms with Crippen LogP contribution >= 0.6 is 15.9 Å². The molecule has 0 heterocycles. The lowest BCUT2D eigenvalue weighted by Gasteiger charge is -2.33. The lowest BCUT2D eigenvalue weighted by atomic mass is 10.0. The van der Waals surface area contributed by atoms with E-state index in [0.717, 1.165) is 29.4 Å². The highest BCUT2D eigenvalue weighted by Gasteiger charge is 2.21. The molecule has 0 aromatic heterocycles. The van der Waals surface area contributed by atoms with Crippen molar-refractivity contribution in [1.29, 1.82) is 0 Å². The van der Waals surface area contributed by atoms with E-state index in [1.807, 2.05) is 0 Å². The Bertz CT molecular complexity index is 628. The molecule has 0 aliphatic heterocycles. The molecule has 0 fully saturated rings. The minimum atomic E-state index is 0.331. The minimum absolute atomic E-state index is 0.331. The molecule has 0 radical (unpaired) electrons. The fourth-order valence-corrected chi connectivity index (χ4v) is 2.86. The molecule has 1 aromatic carbocycles. The molecule has 3 rings (SSSR count). The number of hydrogen-bond donors (Lipinski definition) is 0. The lowest BCUT2D eigenvalue weighted by molar-refractivity contribution is 0.759. The second-order valence-corrected chi connectivity index (χ2v) is 5.80. The summed E-state index contributed by atoms with van der Waals surface area (Å²) in [6.45, 7) is 0. The fraction of sp³-hybridized carbons (Fsp3) is 0.222. The first-order valence-corrected chi connectivity index (χ1v) is 7.71. The smallest absolute Gasteiger partial charge is 0.0889 e. The Hall–Kier alpha value is -1.72. The summed E-state index contributed by atoms with van der Waals surface area (Å²) in [5.41, 5.74) is 2.33. The molecule has 0 saturated carbocycles. The molecule has 0 bridgehead atoms. The zero-order valence-corrected chi connectivity index (χ0v) is 12.8. The van der Waals surface area contributed by atoms with Gasteiger partial charge in [-0.3, -0.25) is 0 Å². The van der Waals surface area contributed by atoms with Gasteiger partial charge in [-0.1, -0.05) is 64.4 Å². The predicted molar refractivity (Wildman–Crippen MR) is 88.6 cm³/mol. The van der Waals surface area contributed by atoms with Crippen LogP contribution in [0.2, 0.25) is 0 Å². The number of halogens is 1. The van der Waals surface area contributed by atoms with Gasteiger partial charge in [-0.15, -0.1) is 0 Å². The molecule has 0 N–H and O–H groups in total. The highest BCUT2D eigenvalue weighted by atomic mass is 79.9. The van der Waals surface area contributed by atoms with E-state index < -0.39 is 0 Å². The summed E-state index contributed by atoms with van der Waals surface area (Å²) in [7, 11) is 0. The van der Waals surface area contributed by atoms with Crippen LogP contribution in [0.4, 0.5) is 5.69 Å². The third kappa shape index (κ3) is 2.89. The van der Waals surface area contributed by atoms with E-state index in [0.29, 0.717) is 6.04 Å². The third-order valence-electron chi connectivity index (χ3n) is 3.48. The zero-order chi connectivity index (χ0) is 13.8. The monoisotopic (exact) mass is 325 g/mol. The first-order valence-electron chi connectivity index (χ1n) is 6.92. The highest BCUT2D eigenvalue weighted by molar-refractivity contribution is 9.11. The fourth-order valence-electron chi connectivity index (χ4n) is 2.52. The molecule has 1 aromatic rings. The lowest BCUT2D eigenvalue weighted by Crippen LogP contribution is -2.33. The zero-order valence-electron chi connectivity index (χ0n) is 11.2. The average Bonchev–Trinajstić information content (AvgIpc) is 2.52. The number of benzene rings is 1. The predicted octanol–water partition coefficient (Wildman–Crippen LogP) is 4.78. The number of nitrogens with zero attached hydrogens (tertiary/aromatic N) is 1. The van der Waals surface area contributed by atoms with Gasteiger partial charge < -0.3 is 4.90 Å². The van der Waals surface area contributed by atoms with E-state index in [9.17, 15) is 0 Å². The number of rotatable bonds is 3. The summed E-state index contributed by atoms with van der Waals surface area (Å²) >= 11 is 3.53. The quantitative estimate of drug-likeness (QED) is 0.723. The molecule has 2 aliphatic rings. The van der Waals surface area contributed by atoms with Crippen molar-refractivity contribution in [1.82, 2.24) is 0 Å². The topological polar surface area (TPSA) is 3.24 Å². The molecule has 2 aliphatic carbocycles. The van der Waals surface area contributed by atoms with Gasteiger partial charge in [0.05, 0.1) is 11.7 Å². The molecule has 100 valence electrons. The van der Waals surface area contributed by atoms with Crippen molar-refractivity contribution in [2.75, 3.05) is 4.90 Å². The summed E-state index contributed by atoms with van der Waals surface area (Å²) < 4.78 is 1.16. The summed E-state index contributed by atoms with van der Waals surface area (Å²) in [5.74, 6) is 6.52. The van der Waals surface area contributed by atoms with Gasteiger partial charge >= 0.3 is 0 Å². The molecule has 1 unspecified atom stereocenters. The molecule has 0 spiro atoms. The molecule has 2 heteroatoms. The molecule has 20 heavy (non-hydrogen) atoms. The molecule has 1 nitrogen and oxygen atoms in total. The van der Waals surface area contributed by atoms with E-state index in [1.165, 1.54) is 5.69 Å². The first-order chi connectivity index (χ1) is 9.84. The van der Waals surface area contributed by atoms with Gasteiger partial charge in [0.1, 0.15) is 0 Å². The normalized spacial score (nSPS) is 20.6. The Kier molecular flexibility index (Phi) is 4.08. The van der Waals surface area contributed by atoms with Crippen molar-refractivity contribution in [3.63, 3.8) is 0 Å². The van der Waals surface area contributed by atoms with Gasteiger partial charge in [0.15, 0.2) is 0 Å². The summed E-state index contributed by atoms with van der Waals surface area (Å²) in [4.78, 5) is 2.35. The summed E-state index contributed by atoms with van der Waals surface area (Å²) in [6.07, 6.45) is 11.8. The van der Waals surface area contributed by atoms with Gasteiger partial charge in [0, 0.05) is 16.6 Å². The van der Waals surface area contributed by atoms with E-state index >= 15 is 0 Å². The maximum atomic E-state index is 3.53. The number of hydrogen-bond acceptors (Lipinski definition) is 1. The van der Waals surface area contributed by atoms with Gasteiger partial charge in [0.25, 0.3) is 0 Å². The minimum Gasteiger partial charge on any atom is -0.328 e. The van der Waals surface area contributed by atoms with Crippen molar-refractivity contribution >= 4 is 21.6 Å². The standard InChI is InChI=1S/C18H16BrN/c19-15-11-13-18(14-12-15)20(16-7-3-1-4-8-16)17-9-5-2-6-10-17/h1,3-4,7-9,11-13,18H,2,5,14H2. The molecular weight excluding hydrogens is 310 g/mol. The van der Waals surface area contributed by atoms with Crippen molar-refractivity contribution in [2.45, 2.75) is 25.3 Å². The van der Waals surface area contributed by atoms with Gasteiger partial charge in [0.2, 0.25) is 0 Å². The second kappa shape index (κ2) is 6.15. The van der Waals surface area contributed by atoms with Crippen LogP contribution in [0, 0.1) is 11.8 Å². The van der Waals surface area contributed by atoms with Crippen molar-refractivity contribution < 1.29 is 0 Å². The van der Waals surface area contributed by atoms with Crippen LogP contribution < -0.4 is 4.90 Å². The van der Waals surface area contributed by atoms with Crippen LogP contribution in [0.1, 0.15) is 19.3 Å². The number of para-hydroxylation sites is 1. The Labute approximate surface area is 128 Å². The molecular formula is C18H16BrN. The van der Waals surface area contributed by atoms with Crippen LogP contribution in [-0.2, 0) is 0 Å². The second-order valence-electron chi connectivity index (χ2n) is 4.89. The van der Waals surface area contributed by atoms with E-state index in [-0.39, 0.29) is 0 Å². The van der Waals surface area contributed by atoms with E-state index in [4.69, 9.17) is 0 Å². The largest absolute Gasteiger partial charge is 0.328 e. The Morgan fingerprint density at radius 1 is 1.15 bits per heavy atom. The van der Waals surface area contributed by atoms with Crippen LogP contribution in [0.5, 0.6) is 0 Å². The van der Waals surface area contributed by atoms with Gasteiger partial charge in [-0.2, -0.15) is 0 Å². The van der Waals surface area contributed by atoms with Crippen molar-refractivity contribution in [3.05, 3.63) is 64.8 Å². The van der Waals surface area contributed by atoms with Crippen LogP contribution in [0.25, 0.3) is 0 Å². The first kappa shape index (κ1) is 13.3. The summed E-state index contributed by atoms with van der Waals surface area (Å²) in [6, 6.07) is 10.8. The van der Waals surface area contributed by atoms with Gasteiger partial charge in [-0.25, -0.2) is 0 Å². The molecule has 0 saturated heterocycles. The number of allylic oxidation sites excluding steroid dienone is 4. The Balaban J connectivity index is 1.96. The maximum absolute atomic E-state index is 3.53. The van der Waals surface area contributed by atoms with E-state index in [1.54, 1.807) is 0 Å². The van der Waals surface area contributed by atoms with E-state index in [2.05, 4.69) is 87.3 Å². The SMILES string of the molecule is BrC1=CCC(N(C2=CCCC#C2)c2ccccc2)C=C1. The number of anilines is 1. The third-order valence-corrected chi connectivity index (χ3v) is 4.07. The average molecular weight is 326 g/mol. The Morgan fingerprint density at radius 2 is 2.00 bits per heavy atom. The molecule has 0 amide bonds. The Morgan fingerprint density at radius 3 is 2.65 bits per heavy atom. The van der Waals surface area contributed by atoms with Crippen LogP contribution in [-0.4, -0.2) is 6.04 Å². The van der Waals surface area contributed by atoms with Crippen LogP contribution in [0.15, 0.2) is 64.8 Å². The van der Waals surface area contributed by atoms with Crippen molar-refractivity contribution in [3.8, 4) is 11.8 Å². The maximum Gasteiger partial charge on any atom is 0.0889 e. The highest BCUT2D eigenvalue weighted by Crippen LogP contribution is 2.28. The van der Waals surface area contributed by atoms with Gasteiger partial charge in [-0.05, 0) is 30.9 Å². The summed E-state index contributed by atoms with van der Waals surface area (Å²) in [5, 5.41) is 0. The van der Waals surface area contributed by atoms with Crippen LogP contribution in [0.3, 0.4) is 0 Å². The molecule has 1 atom stereocenters. The van der Waals surface area contributed by atoms with Crippen molar-refractivity contribution in [2.24, 2.45) is 0 Å².